The lowest BCUT2D eigenvalue weighted by molar-refractivity contribution is -0.133. The number of carbonyl (C=O) groups is 1. The molecule has 146 valence electrons. The summed E-state index contributed by atoms with van der Waals surface area (Å²) in [5.41, 5.74) is 1.35. The van der Waals surface area contributed by atoms with E-state index in [4.69, 9.17) is 0 Å². The lowest BCUT2D eigenvalue weighted by Gasteiger charge is -2.32. The first-order valence-electron chi connectivity index (χ1n) is 9.68. The standard InChI is InChI=1S/C19H25N5OS.ClH/c1-12-4-9-26-17(12)14-10-15(14)19(25)23-6-2-13(3-7-23)18-22-21-16-11-20-5-8-24(16)18;/h4,9,13-15,20H,2-3,5-8,10-11H2,1H3;1H. The van der Waals surface area contributed by atoms with Crippen LogP contribution in [-0.2, 0) is 17.9 Å². The Kier molecular flexibility index (Phi) is 5.27. The number of aryl methyl sites for hydroxylation is 1. The van der Waals surface area contributed by atoms with E-state index in [9.17, 15) is 4.79 Å². The Morgan fingerprint density at radius 1 is 1.26 bits per heavy atom. The van der Waals surface area contributed by atoms with Crippen molar-refractivity contribution in [2.24, 2.45) is 5.92 Å². The fraction of sp³-hybridized carbons (Fsp3) is 0.632. The van der Waals surface area contributed by atoms with Crippen molar-refractivity contribution in [3.63, 3.8) is 0 Å². The summed E-state index contributed by atoms with van der Waals surface area (Å²) in [5.74, 6) is 3.68. The van der Waals surface area contributed by atoms with Crippen LogP contribution in [0.25, 0.3) is 0 Å². The van der Waals surface area contributed by atoms with E-state index in [0.29, 0.717) is 17.7 Å². The molecular weight excluding hydrogens is 382 g/mol. The van der Waals surface area contributed by atoms with E-state index in [0.717, 1.165) is 63.6 Å². The molecule has 0 spiro atoms. The second-order valence-electron chi connectivity index (χ2n) is 7.82. The number of hydrogen-bond acceptors (Lipinski definition) is 5. The second-order valence-corrected chi connectivity index (χ2v) is 8.77. The maximum absolute atomic E-state index is 12.9. The number of piperidine rings is 1. The molecule has 2 atom stereocenters. The lowest BCUT2D eigenvalue weighted by atomic mass is 9.95. The number of carbonyl (C=O) groups excluding carboxylic acids is 1. The van der Waals surface area contributed by atoms with Crippen molar-refractivity contribution >= 4 is 29.7 Å². The Morgan fingerprint density at radius 3 is 2.81 bits per heavy atom. The molecule has 2 aromatic rings. The normalized spacial score (nSPS) is 25.0. The van der Waals surface area contributed by atoms with Crippen LogP contribution in [0.15, 0.2) is 11.4 Å². The summed E-state index contributed by atoms with van der Waals surface area (Å²) in [5, 5.41) is 14.3. The number of aromatic nitrogens is 3. The fourth-order valence-corrected chi connectivity index (χ4v) is 5.64. The molecule has 1 amide bonds. The number of amides is 1. The van der Waals surface area contributed by atoms with Crippen LogP contribution in [0, 0.1) is 12.8 Å². The van der Waals surface area contributed by atoms with Crippen molar-refractivity contribution in [2.75, 3.05) is 19.6 Å². The SMILES string of the molecule is Cc1ccsc1C1CC1C(=O)N1CCC(c2nnc3n2CCNC3)CC1.Cl. The zero-order chi connectivity index (χ0) is 17.7. The first kappa shape index (κ1) is 18.9. The van der Waals surface area contributed by atoms with Crippen molar-refractivity contribution < 1.29 is 4.79 Å². The van der Waals surface area contributed by atoms with E-state index >= 15 is 0 Å². The number of thiophene rings is 1. The summed E-state index contributed by atoms with van der Waals surface area (Å²) in [4.78, 5) is 16.4. The lowest BCUT2D eigenvalue weighted by Crippen LogP contribution is -2.39. The van der Waals surface area contributed by atoms with Gasteiger partial charge in [0.2, 0.25) is 5.91 Å². The van der Waals surface area contributed by atoms with Gasteiger partial charge < -0.3 is 14.8 Å². The smallest absolute Gasteiger partial charge is 0.226 e. The third kappa shape index (κ3) is 3.41. The molecule has 0 aromatic carbocycles. The number of fused-ring (bicyclic) bond motifs is 1. The number of likely N-dealkylation sites (tertiary alicyclic amines) is 1. The molecule has 2 aliphatic heterocycles. The molecule has 2 fully saturated rings. The Labute approximate surface area is 169 Å². The summed E-state index contributed by atoms with van der Waals surface area (Å²) >= 11 is 1.81. The highest BCUT2D eigenvalue weighted by molar-refractivity contribution is 7.10. The predicted molar refractivity (Wildman–Crippen MR) is 107 cm³/mol. The van der Waals surface area contributed by atoms with E-state index in [1.54, 1.807) is 11.3 Å². The molecule has 0 bridgehead atoms. The molecular formula is C19H26ClN5OS. The minimum atomic E-state index is 0. The van der Waals surface area contributed by atoms with Gasteiger partial charge in [-0.25, -0.2) is 0 Å². The maximum Gasteiger partial charge on any atom is 0.226 e. The van der Waals surface area contributed by atoms with Gasteiger partial charge in [0.25, 0.3) is 0 Å². The first-order chi connectivity index (χ1) is 12.7. The van der Waals surface area contributed by atoms with Crippen LogP contribution < -0.4 is 5.32 Å². The molecule has 0 radical (unpaired) electrons. The van der Waals surface area contributed by atoms with Crippen LogP contribution in [0.1, 0.15) is 53.2 Å². The molecule has 27 heavy (non-hydrogen) atoms. The predicted octanol–water partition coefficient (Wildman–Crippen LogP) is 2.68. The molecule has 8 heteroatoms. The fourth-order valence-electron chi connectivity index (χ4n) is 4.53. The highest BCUT2D eigenvalue weighted by Crippen LogP contribution is 2.51. The monoisotopic (exact) mass is 407 g/mol. The van der Waals surface area contributed by atoms with Crippen LogP contribution in [0.2, 0.25) is 0 Å². The minimum Gasteiger partial charge on any atom is -0.342 e. The zero-order valence-electron chi connectivity index (χ0n) is 15.6. The highest BCUT2D eigenvalue weighted by Gasteiger charge is 2.47. The molecule has 6 nitrogen and oxygen atoms in total. The van der Waals surface area contributed by atoms with E-state index in [-0.39, 0.29) is 18.3 Å². The van der Waals surface area contributed by atoms with Gasteiger partial charge in [-0.15, -0.1) is 33.9 Å². The Morgan fingerprint density at radius 2 is 2.07 bits per heavy atom. The summed E-state index contributed by atoms with van der Waals surface area (Å²) in [7, 11) is 0. The number of halogens is 1. The topological polar surface area (TPSA) is 63.1 Å². The average Bonchev–Trinajstić information content (AvgIpc) is 3.15. The van der Waals surface area contributed by atoms with Gasteiger partial charge in [-0.3, -0.25) is 4.79 Å². The summed E-state index contributed by atoms with van der Waals surface area (Å²) in [6.45, 7) is 6.63. The Balaban J connectivity index is 0.00000180. The molecule has 4 heterocycles. The third-order valence-corrected chi connectivity index (χ3v) is 7.32. The molecule has 2 unspecified atom stereocenters. The number of rotatable bonds is 3. The van der Waals surface area contributed by atoms with E-state index in [1.807, 2.05) is 0 Å². The van der Waals surface area contributed by atoms with Crippen molar-refractivity contribution in [2.45, 2.75) is 51.1 Å². The summed E-state index contributed by atoms with van der Waals surface area (Å²) < 4.78 is 2.29. The molecule has 1 saturated heterocycles. The molecule has 1 saturated carbocycles. The zero-order valence-corrected chi connectivity index (χ0v) is 17.2. The van der Waals surface area contributed by atoms with Gasteiger partial charge in [0.15, 0.2) is 0 Å². The van der Waals surface area contributed by atoms with Crippen LogP contribution >= 0.6 is 23.7 Å². The second kappa shape index (κ2) is 7.53. The largest absolute Gasteiger partial charge is 0.342 e. The molecule has 5 rings (SSSR count). The maximum atomic E-state index is 12.9. The van der Waals surface area contributed by atoms with Gasteiger partial charge in [-0.05, 0) is 43.2 Å². The van der Waals surface area contributed by atoms with Gasteiger partial charge in [-0.1, -0.05) is 0 Å². The van der Waals surface area contributed by atoms with Gasteiger partial charge in [-0.2, -0.15) is 0 Å². The van der Waals surface area contributed by atoms with Crippen molar-refractivity contribution in [3.05, 3.63) is 33.5 Å². The van der Waals surface area contributed by atoms with Crippen molar-refractivity contribution in [1.29, 1.82) is 0 Å². The highest BCUT2D eigenvalue weighted by atomic mass is 35.5. The Bertz CT molecular complexity index is 826. The van der Waals surface area contributed by atoms with Gasteiger partial charge in [0, 0.05) is 48.8 Å². The van der Waals surface area contributed by atoms with Crippen molar-refractivity contribution in [3.8, 4) is 0 Å². The number of hydrogen-bond donors (Lipinski definition) is 1. The van der Waals surface area contributed by atoms with Crippen molar-refractivity contribution in [1.82, 2.24) is 25.0 Å². The van der Waals surface area contributed by atoms with Crippen LogP contribution in [-0.4, -0.2) is 45.2 Å². The van der Waals surface area contributed by atoms with Gasteiger partial charge >= 0.3 is 0 Å². The molecule has 1 aliphatic carbocycles. The quantitative estimate of drug-likeness (QED) is 0.849. The number of nitrogens with zero attached hydrogens (tertiary/aromatic N) is 4. The molecule has 3 aliphatic rings. The van der Waals surface area contributed by atoms with Gasteiger partial charge in [0.05, 0.1) is 6.54 Å². The van der Waals surface area contributed by atoms with Crippen LogP contribution in [0.3, 0.4) is 0 Å². The third-order valence-electron chi connectivity index (χ3n) is 6.17. The van der Waals surface area contributed by atoms with E-state index < -0.39 is 0 Å². The van der Waals surface area contributed by atoms with Gasteiger partial charge in [0.1, 0.15) is 11.6 Å². The summed E-state index contributed by atoms with van der Waals surface area (Å²) in [6, 6.07) is 2.17. The van der Waals surface area contributed by atoms with E-state index in [1.165, 1.54) is 10.4 Å². The minimum absolute atomic E-state index is 0. The Hall–Kier alpha value is -1.44. The van der Waals surface area contributed by atoms with Crippen LogP contribution in [0.5, 0.6) is 0 Å². The van der Waals surface area contributed by atoms with E-state index in [2.05, 4.69) is 43.4 Å². The molecule has 1 N–H and O–H groups in total. The number of nitrogens with one attached hydrogen (secondary N) is 1. The van der Waals surface area contributed by atoms with Crippen LogP contribution in [0.4, 0.5) is 0 Å². The molecule has 2 aromatic heterocycles. The summed E-state index contributed by atoms with van der Waals surface area (Å²) in [6.07, 6.45) is 3.05. The average molecular weight is 408 g/mol. The first-order valence-corrected chi connectivity index (χ1v) is 10.6.